The van der Waals surface area contributed by atoms with Crippen molar-refractivity contribution in [2.24, 2.45) is 0 Å². The fraction of sp³-hybridized carbons (Fsp3) is 0.333. The van der Waals surface area contributed by atoms with Crippen LogP contribution >= 0.6 is 86.8 Å². The van der Waals surface area contributed by atoms with E-state index in [-0.39, 0.29) is 86.8 Å². The molecular weight excluding hydrogens is 478 g/mol. The molecule has 1 N–H and O–H groups in total. The summed E-state index contributed by atoms with van der Waals surface area (Å²) in [7, 11) is 0. The van der Waals surface area contributed by atoms with E-state index in [1.54, 1.807) is 5.56 Å². The highest BCUT2D eigenvalue weighted by Crippen LogP contribution is 2.29. The lowest BCUT2D eigenvalue weighted by molar-refractivity contribution is 0.458. The fourth-order valence-electron chi connectivity index (χ4n) is 3.04. The largest absolute Gasteiger partial charge is 0.317 e. The molecular formula is C18H28Cl7N. The van der Waals surface area contributed by atoms with E-state index in [2.05, 4.69) is 59.9 Å². The number of nitrogens with one attached hydrogen (secondary N) is 1. The Bertz CT molecular complexity index is 534. The first-order valence-corrected chi connectivity index (χ1v) is 7.26. The molecule has 2 aromatic rings. The lowest BCUT2D eigenvalue weighted by Gasteiger charge is -2.25. The second kappa shape index (κ2) is 20.2. The monoisotopic (exact) mass is 503 g/mol. The maximum absolute atomic E-state index is 3.45. The van der Waals surface area contributed by atoms with Crippen LogP contribution in [-0.2, 0) is 6.42 Å². The van der Waals surface area contributed by atoms with E-state index >= 15 is 0 Å². The van der Waals surface area contributed by atoms with Crippen molar-refractivity contribution in [1.82, 2.24) is 5.32 Å². The molecule has 0 spiro atoms. The summed E-state index contributed by atoms with van der Waals surface area (Å²) in [6.07, 6.45) is 3.60. The van der Waals surface area contributed by atoms with Gasteiger partial charge in [0.15, 0.2) is 0 Å². The first kappa shape index (κ1) is 37.2. The SMILES string of the molecule is Cl.Cl.Cl.Cl.Cl.Cl.Cl.c1ccc(Cc2ccccc2C2CCNCC2)cc1. The van der Waals surface area contributed by atoms with Gasteiger partial charge in [-0.25, -0.2) is 0 Å². The van der Waals surface area contributed by atoms with Crippen molar-refractivity contribution < 1.29 is 0 Å². The Kier molecular flexibility index (Phi) is 28.9. The van der Waals surface area contributed by atoms with Crippen LogP contribution < -0.4 is 5.32 Å². The molecule has 1 nitrogen and oxygen atoms in total. The smallest absolute Gasteiger partial charge is 0.00229 e. The Hall–Kier alpha value is 0.430. The lowest BCUT2D eigenvalue weighted by Crippen LogP contribution is -2.27. The summed E-state index contributed by atoms with van der Waals surface area (Å²) in [5, 5.41) is 3.45. The van der Waals surface area contributed by atoms with Gasteiger partial charge in [0.2, 0.25) is 0 Å². The molecule has 0 radical (unpaired) electrons. The van der Waals surface area contributed by atoms with Crippen LogP contribution in [0.5, 0.6) is 0 Å². The van der Waals surface area contributed by atoms with E-state index in [9.17, 15) is 0 Å². The summed E-state index contributed by atoms with van der Waals surface area (Å²) in [6.45, 7) is 2.31. The summed E-state index contributed by atoms with van der Waals surface area (Å²) in [5.41, 5.74) is 4.47. The third-order valence-corrected chi connectivity index (χ3v) is 4.07. The molecule has 0 aromatic heterocycles. The number of hydrogen-bond acceptors (Lipinski definition) is 1. The second-order valence-electron chi connectivity index (χ2n) is 5.39. The fourth-order valence-corrected chi connectivity index (χ4v) is 3.04. The Balaban J connectivity index is -0.000000210. The van der Waals surface area contributed by atoms with Crippen LogP contribution in [0.15, 0.2) is 54.6 Å². The van der Waals surface area contributed by atoms with Gasteiger partial charge in [0.05, 0.1) is 0 Å². The van der Waals surface area contributed by atoms with Crippen LogP contribution in [0, 0.1) is 0 Å². The summed E-state index contributed by atoms with van der Waals surface area (Å²) in [6, 6.07) is 19.8. The molecule has 1 heterocycles. The Morgan fingerprint density at radius 3 is 1.73 bits per heavy atom. The number of hydrogen-bond donors (Lipinski definition) is 1. The highest BCUT2D eigenvalue weighted by Gasteiger charge is 2.17. The zero-order chi connectivity index (χ0) is 12.9. The van der Waals surface area contributed by atoms with Gasteiger partial charge in [-0.1, -0.05) is 54.6 Å². The van der Waals surface area contributed by atoms with Crippen LogP contribution in [0.1, 0.15) is 35.4 Å². The summed E-state index contributed by atoms with van der Waals surface area (Å²) < 4.78 is 0. The van der Waals surface area contributed by atoms with Crippen molar-refractivity contribution in [3.8, 4) is 0 Å². The van der Waals surface area contributed by atoms with E-state index in [4.69, 9.17) is 0 Å². The lowest BCUT2D eigenvalue weighted by atomic mass is 9.85. The number of piperidine rings is 1. The highest BCUT2D eigenvalue weighted by molar-refractivity contribution is 5.86. The van der Waals surface area contributed by atoms with Crippen LogP contribution in [0.25, 0.3) is 0 Å². The Morgan fingerprint density at radius 1 is 0.654 bits per heavy atom. The summed E-state index contributed by atoms with van der Waals surface area (Å²) >= 11 is 0. The number of benzene rings is 2. The van der Waals surface area contributed by atoms with Gasteiger partial charge >= 0.3 is 0 Å². The van der Waals surface area contributed by atoms with Crippen LogP contribution in [0.2, 0.25) is 0 Å². The zero-order valence-electron chi connectivity index (χ0n) is 14.2. The molecule has 1 aliphatic rings. The van der Waals surface area contributed by atoms with Crippen molar-refractivity contribution in [3.05, 3.63) is 71.3 Å². The topological polar surface area (TPSA) is 12.0 Å². The van der Waals surface area contributed by atoms with E-state index in [1.165, 1.54) is 24.0 Å². The van der Waals surface area contributed by atoms with Crippen molar-refractivity contribution in [3.63, 3.8) is 0 Å². The third kappa shape index (κ3) is 10.7. The number of rotatable bonds is 3. The van der Waals surface area contributed by atoms with Gasteiger partial charge in [0, 0.05) is 0 Å². The minimum Gasteiger partial charge on any atom is -0.317 e. The van der Waals surface area contributed by atoms with Gasteiger partial charge in [0.25, 0.3) is 0 Å². The molecule has 0 bridgehead atoms. The Labute approximate surface area is 200 Å². The van der Waals surface area contributed by atoms with Gasteiger partial charge in [-0.2, -0.15) is 0 Å². The molecule has 1 aliphatic heterocycles. The molecule has 8 heteroatoms. The highest BCUT2D eigenvalue weighted by atomic mass is 35.5. The van der Waals surface area contributed by atoms with Crippen molar-refractivity contribution >= 4 is 86.8 Å². The van der Waals surface area contributed by atoms with E-state index in [0.717, 1.165) is 25.4 Å². The van der Waals surface area contributed by atoms with Crippen molar-refractivity contribution in [1.29, 1.82) is 0 Å². The molecule has 0 atom stereocenters. The van der Waals surface area contributed by atoms with Crippen LogP contribution in [-0.4, -0.2) is 13.1 Å². The van der Waals surface area contributed by atoms with E-state index < -0.39 is 0 Å². The van der Waals surface area contributed by atoms with E-state index in [1.807, 2.05) is 0 Å². The molecule has 0 saturated carbocycles. The number of halogens is 7. The van der Waals surface area contributed by atoms with Crippen molar-refractivity contribution in [2.45, 2.75) is 25.2 Å². The third-order valence-electron chi connectivity index (χ3n) is 4.07. The first-order valence-electron chi connectivity index (χ1n) is 7.26. The molecule has 26 heavy (non-hydrogen) atoms. The normalized spacial score (nSPS) is 12.0. The van der Waals surface area contributed by atoms with Gasteiger partial charge < -0.3 is 5.32 Å². The van der Waals surface area contributed by atoms with Gasteiger partial charge in [-0.15, -0.1) is 86.8 Å². The molecule has 1 saturated heterocycles. The molecule has 0 amide bonds. The summed E-state index contributed by atoms with van der Waals surface area (Å²) in [5.74, 6) is 0.737. The maximum atomic E-state index is 3.45. The van der Waals surface area contributed by atoms with Crippen LogP contribution in [0.4, 0.5) is 0 Å². The zero-order valence-corrected chi connectivity index (χ0v) is 19.9. The van der Waals surface area contributed by atoms with Gasteiger partial charge in [-0.3, -0.25) is 0 Å². The molecule has 1 fully saturated rings. The van der Waals surface area contributed by atoms with Crippen LogP contribution in [0.3, 0.4) is 0 Å². The second-order valence-corrected chi connectivity index (χ2v) is 5.39. The molecule has 0 aliphatic carbocycles. The minimum absolute atomic E-state index is 0. The average Bonchev–Trinajstić information content (AvgIpc) is 2.50. The quantitative estimate of drug-likeness (QED) is 0.489. The molecule has 2 aromatic carbocycles. The van der Waals surface area contributed by atoms with Gasteiger partial charge in [-0.05, 0) is 55.0 Å². The standard InChI is InChI=1S/C18H21N.7ClH/c1-2-6-15(7-3-1)14-17-8-4-5-9-18(17)16-10-12-19-13-11-16;;;;;;;/h1-9,16,19H,10-14H2;7*1H. The van der Waals surface area contributed by atoms with Gasteiger partial charge in [0.1, 0.15) is 0 Å². The van der Waals surface area contributed by atoms with E-state index in [0.29, 0.717) is 0 Å². The minimum atomic E-state index is 0. The summed E-state index contributed by atoms with van der Waals surface area (Å²) in [4.78, 5) is 0. The maximum Gasteiger partial charge on any atom is -0.00229 e. The predicted octanol–water partition coefficient (Wildman–Crippen LogP) is 6.70. The van der Waals surface area contributed by atoms with Crippen molar-refractivity contribution in [2.75, 3.05) is 13.1 Å². The first-order chi connectivity index (χ1) is 9.43. The molecule has 154 valence electrons. The Morgan fingerprint density at radius 2 is 1.15 bits per heavy atom. The average molecular weight is 507 g/mol. The molecule has 0 unspecified atom stereocenters. The predicted molar refractivity (Wildman–Crippen MR) is 131 cm³/mol. The molecule has 3 rings (SSSR count).